The molecule has 0 spiro atoms. The van der Waals surface area contributed by atoms with Crippen LogP contribution in [0.4, 0.5) is 0 Å². The molecule has 0 heterocycles. The second-order valence-electron chi connectivity index (χ2n) is 6.75. The van der Waals surface area contributed by atoms with Crippen molar-refractivity contribution in [3.05, 3.63) is 60.2 Å². The first kappa shape index (κ1) is 13.5. The van der Waals surface area contributed by atoms with Gasteiger partial charge in [0.15, 0.2) is 0 Å². The Morgan fingerprint density at radius 2 is 1.36 bits per heavy atom. The quantitative estimate of drug-likeness (QED) is 0.485. The first-order chi connectivity index (χ1) is 10.6. The molecule has 0 aromatic heterocycles. The van der Waals surface area contributed by atoms with Crippen molar-refractivity contribution in [2.45, 2.75) is 26.3 Å². The highest BCUT2D eigenvalue weighted by molar-refractivity contribution is 6.23. The van der Waals surface area contributed by atoms with Crippen molar-refractivity contribution in [3.8, 4) is 0 Å². The maximum absolute atomic E-state index is 6.49. The summed E-state index contributed by atoms with van der Waals surface area (Å²) in [5, 5.41) is 7.98. The van der Waals surface area contributed by atoms with Gasteiger partial charge in [-0.3, -0.25) is 0 Å². The highest BCUT2D eigenvalue weighted by Gasteiger charge is 2.15. The van der Waals surface area contributed by atoms with Gasteiger partial charge in [0.05, 0.1) is 0 Å². The largest absolute Gasteiger partial charge is 0.324 e. The predicted molar refractivity (Wildman–Crippen MR) is 96.5 cm³/mol. The molecule has 0 amide bonds. The molecule has 0 radical (unpaired) electrons. The molecule has 1 heteroatoms. The monoisotopic (exact) mass is 287 g/mol. The van der Waals surface area contributed by atoms with Crippen molar-refractivity contribution >= 4 is 32.3 Å². The fourth-order valence-electron chi connectivity index (χ4n) is 3.72. The molecular weight excluding hydrogens is 266 g/mol. The standard InChI is InChI=1S/C21H21N/c1-13(2)12-19(22)17-10-8-16-7-6-14-4-3-5-15-9-11-18(17)21(16)20(14)15/h3-11,13,19H,12,22H2,1-2H3/t19-/m1/s1. The van der Waals surface area contributed by atoms with E-state index in [4.69, 9.17) is 5.73 Å². The van der Waals surface area contributed by atoms with Gasteiger partial charge < -0.3 is 5.73 Å². The van der Waals surface area contributed by atoms with Crippen molar-refractivity contribution in [2.75, 3.05) is 0 Å². The molecule has 0 bridgehead atoms. The van der Waals surface area contributed by atoms with Gasteiger partial charge in [0.1, 0.15) is 0 Å². The SMILES string of the molecule is CC(C)C[C@@H](N)c1ccc2ccc3cccc4ccc1c2c34. The summed E-state index contributed by atoms with van der Waals surface area (Å²) in [7, 11) is 0. The van der Waals surface area contributed by atoms with Crippen molar-refractivity contribution in [1.29, 1.82) is 0 Å². The number of benzene rings is 4. The Kier molecular flexibility index (Phi) is 3.05. The summed E-state index contributed by atoms with van der Waals surface area (Å²) in [6, 6.07) is 20.0. The molecule has 0 fully saturated rings. The van der Waals surface area contributed by atoms with Gasteiger partial charge in [0.2, 0.25) is 0 Å². The molecule has 4 rings (SSSR count). The van der Waals surface area contributed by atoms with Crippen LogP contribution in [0.5, 0.6) is 0 Å². The van der Waals surface area contributed by atoms with E-state index in [1.165, 1.54) is 37.9 Å². The summed E-state index contributed by atoms with van der Waals surface area (Å²) >= 11 is 0. The molecular formula is C21H21N. The third-order valence-corrected chi connectivity index (χ3v) is 4.69. The third kappa shape index (κ3) is 1.97. The second-order valence-corrected chi connectivity index (χ2v) is 6.75. The fraction of sp³-hybridized carbons (Fsp3) is 0.238. The van der Waals surface area contributed by atoms with Crippen LogP contribution in [0.2, 0.25) is 0 Å². The van der Waals surface area contributed by atoms with Crippen molar-refractivity contribution in [1.82, 2.24) is 0 Å². The van der Waals surface area contributed by atoms with E-state index in [1.807, 2.05) is 0 Å². The van der Waals surface area contributed by atoms with E-state index < -0.39 is 0 Å². The molecule has 0 aliphatic carbocycles. The van der Waals surface area contributed by atoms with Gasteiger partial charge in [-0.25, -0.2) is 0 Å². The zero-order valence-corrected chi connectivity index (χ0v) is 13.1. The van der Waals surface area contributed by atoms with Gasteiger partial charge in [-0.1, -0.05) is 68.4 Å². The predicted octanol–water partition coefficient (Wildman–Crippen LogP) is 5.63. The van der Waals surface area contributed by atoms with Crippen LogP contribution < -0.4 is 5.73 Å². The summed E-state index contributed by atoms with van der Waals surface area (Å²) in [6.45, 7) is 4.46. The Bertz CT molecular complexity index is 936. The van der Waals surface area contributed by atoms with Gasteiger partial charge >= 0.3 is 0 Å². The first-order valence-electron chi connectivity index (χ1n) is 8.07. The number of rotatable bonds is 3. The normalized spacial score (nSPS) is 13.6. The zero-order valence-electron chi connectivity index (χ0n) is 13.1. The maximum Gasteiger partial charge on any atom is 0.0303 e. The van der Waals surface area contributed by atoms with Crippen molar-refractivity contribution in [2.24, 2.45) is 11.7 Å². The molecule has 0 saturated heterocycles. The lowest BCUT2D eigenvalue weighted by atomic mass is 9.88. The van der Waals surface area contributed by atoms with Crippen LogP contribution in [-0.4, -0.2) is 0 Å². The Morgan fingerprint density at radius 3 is 2.05 bits per heavy atom. The second kappa shape index (κ2) is 4.96. The Labute approximate surface area is 131 Å². The smallest absolute Gasteiger partial charge is 0.0303 e. The van der Waals surface area contributed by atoms with E-state index in [2.05, 4.69) is 68.4 Å². The van der Waals surface area contributed by atoms with Crippen LogP contribution in [0.3, 0.4) is 0 Å². The summed E-state index contributed by atoms with van der Waals surface area (Å²) in [6.07, 6.45) is 1.02. The molecule has 0 aliphatic heterocycles. The minimum absolute atomic E-state index is 0.101. The van der Waals surface area contributed by atoms with Crippen LogP contribution in [0, 0.1) is 5.92 Å². The molecule has 1 atom stereocenters. The molecule has 2 N–H and O–H groups in total. The van der Waals surface area contributed by atoms with E-state index >= 15 is 0 Å². The third-order valence-electron chi connectivity index (χ3n) is 4.69. The molecule has 0 unspecified atom stereocenters. The van der Waals surface area contributed by atoms with Crippen molar-refractivity contribution < 1.29 is 0 Å². The summed E-state index contributed by atoms with van der Waals surface area (Å²) in [5.74, 6) is 0.605. The molecule has 4 aromatic carbocycles. The van der Waals surface area contributed by atoms with E-state index in [9.17, 15) is 0 Å². The van der Waals surface area contributed by atoms with Crippen LogP contribution in [-0.2, 0) is 0 Å². The molecule has 4 aromatic rings. The maximum atomic E-state index is 6.49. The van der Waals surface area contributed by atoms with Gasteiger partial charge in [0, 0.05) is 6.04 Å². The van der Waals surface area contributed by atoms with Gasteiger partial charge in [0.25, 0.3) is 0 Å². The first-order valence-corrected chi connectivity index (χ1v) is 8.07. The Morgan fingerprint density at radius 1 is 0.773 bits per heavy atom. The minimum atomic E-state index is 0.101. The van der Waals surface area contributed by atoms with E-state index in [0.717, 1.165) is 6.42 Å². The minimum Gasteiger partial charge on any atom is -0.324 e. The molecule has 110 valence electrons. The fourth-order valence-corrected chi connectivity index (χ4v) is 3.72. The van der Waals surface area contributed by atoms with Crippen LogP contribution >= 0.6 is 0 Å². The highest BCUT2D eigenvalue weighted by Crippen LogP contribution is 2.37. The Balaban J connectivity index is 2.08. The summed E-state index contributed by atoms with van der Waals surface area (Å²) < 4.78 is 0. The Hall–Kier alpha value is -2.12. The lowest BCUT2D eigenvalue weighted by molar-refractivity contribution is 0.512. The average molecular weight is 287 g/mol. The number of nitrogens with two attached hydrogens (primary N) is 1. The average Bonchev–Trinajstić information content (AvgIpc) is 2.51. The van der Waals surface area contributed by atoms with Gasteiger partial charge in [-0.15, -0.1) is 0 Å². The number of hydrogen-bond donors (Lipinski definition) is 1. The molecule has 0 saturated carbocycles. The van der Waals surface area contributed by atoms with E-state index in [1.54, 1.807) is 0 Å². The lowest BCUT2D eigenvalue weighted by Gasteiger charge is -2.19. The molecule has 22 heavy (non-hydrogen) atoms. The van der Waals surface area contributed by atoms with E-state index in [-0.39, 0.29) is 6.04 Å². The van der Waals surface area contributed by atoms with Gasteiger partial charge in [-0.2, -0.15) is 0 Å². The van der Waals surface area contributed by atoms with Crippen LogP contribution in [0.25, 0.3) is 32.3 Å². The number of hydrogen-bond acceptors (Lipinski definition) is 1. The zero-order chi connectivity index (χ0) is 15.3. The van der Waals surface area contributed by atoms with Crippen molar-refractivity contribution in [3.63, 3.8) is 0 Å². The van der Waals surface area contributed by atoms with Crippen LogP contribution in [0.15, 0.2) is 54.6 Å². The highest BCUT2D eigenvalue weighted by atomic mass is 14.6. The van der Waals surface area contributed by atoms with E-state index in [0.29, 0.717) is 5.92 Å². The molecule has 0 aliphatic rings. The van der Waals surface area contributed by atoms with Gasteiger partial charge in [-0.05, 0) is 50.2 Å². The topological polar surface area (TPSA) is 26.0 Å². The summed E-state index contributed by atoms with van der Waals surface area (Å²) in [4.78, 5) is 0. The molecule has 1 nitrogen and oxygen atoms in total. The lowest BCUT2D eigenvalue weighted by Crippen LogP contribution is -2.13. The summed E-state index contributed by atoms with van der Waals surface area (Å²) in [5.41, 5.74) is 7.77. The van der Waals surface area contributed by atoms with Crippen LogP contribution in [0.1, 0.15) is 31.9 Å².